The molecule has 0 aromatic carbocycles. The summed E-state index contributed by atoms with van der Waals surface area (Å²) in [5, 5.41) is 0. The van der Waals surface area contributed by atoms with Gasteiger partial charge in [-0.15, -0.1) is 0 Å². The van der Waals surface area contributed by atoms with Crippen LogP contribution in [0, 0.1) is 0 Å². The molecule has 2 bridgehead atoms. The third-order valence-corrected chi connectivity index (χ3v) is 2.97. The van der Waals surface area contributed by atoms with Gasteiger partial charge in [0.2, 0.25) is 0 Å². The molecule has 0 atom stereocenters. The molecule has 0 aliphatic heterocycles. The Kier molecular flexibility index (Phi) is 2.68. The maximum Gasteiger partial charge on any atom is -0.0132 e. The summed E-state index contributed by atoms with van der Waals surface area (Å²) in [6.45, 7) is 2.27. The quantitative estimate of drug-likeness (QED) is 0.590. The van der Waals surface area contributed by atoms with Gasteiger partial charge in [0.1, 0.15) is 0 Å². The Morgan fingerprint density at radius 2 is 2.23 bits per heavy atom. The first-order valence-electron chi connectivity index (χ1n) is 5.48. The zero-order valence-corrected chi connectivity index (χ0v) is 8.47. The van der Waals surface area contributed by atoms with Gasteiger partial charge in [0.15, 0.2) is 0 Å². The fraction of sp³-hybridized carbons (Fsp3) is 0.538. The van der Waals surface area contributed by atoms with Crippen LogP contribution in [0.5, 0.6) is 0 Å². The van der Waals surface area contributed by atoms with Crippen molar-refractivity contribution < 1.29 is 0 Å². The largest absolute Gasteiger partial charge is 0.0799 e. The molecule has 2 aliphatic carbocycles. The molecule has 13 heavy (non-hydrogen) atoms. The minimum Gasteiger partial charge on any atom is -0.0799 e. The molecule has 0 fully saturated rings. The summed E-state index contributed by atoms with van der Waals surface area (Å²) >= 11 is 0. The van der Waals surface area contributed by atoms with Crippen molar-refractivity contribution in [2.24, 2.45) is 0 Å². The second-order valence-corrected chi connectivity index (χ2v) is 4.07. The van der Waals surface area contributed by atoms with Crippen molar-refractivity contribution >= 4 is 0 Å². The number of allylic oxidation sites excluding steroid dienone is 6. The van der Waals surface area contributed by atoms with Crippen LogP contribution < -0.4 is 0 Å². The van der Waals surface area contributed by atoms with Crippen molar-refractivity contribution in [3.8, 4) is 0 Å². The molecule has 0 amide bonds. The van der Waals surface area contributed by atoms with Crippen LogP contribution in [-0.2, 0) is 0 Å². The zero-order valence-electron chi connectivity index (χ0n) is 8.47. The molecule has 0 aromatic rings. The lowest BCUT2D eigenvalue weighted by Crippen LogP contribution is -1.89. The predicted molar refractivity (Wildman–Crippen MR) is 57.6 cm³/mol. The zero-order chi connectivity index (χ0) is 9.10. The Morgan fingerprint density at radius 3 is 3.08 bits per heavy atom. The Morgan fingerprint density at radius 1 is 1.31 bits per heavy atom. The summed E-state index contributed by atoms with van der Waals surface area (Å²) in [5.74, 6) is 0. The van der Waals surface area contributed by atoms with Gasteiger partial charge in [0.25, 0.3) is 0 Å². The van der Waals surface area contributed by atoms with E-state index in [-0.39, 0.29) is 0 Å². The van der Waals surface area contributed by atoms with E-state index in [9.17, 15) is 0 Å². The maximum atomic E-state index is 2.43. The Labute approximate surface area is 81.0 Å². The normalized spacial score (nSPS) is 21.5. The molecule has 0 radical (unpaired) electrons. The van der Waals surface area contributed by atoms with Crippen LogP contribution in [-0.4, -0.2) is 0 Å². The van der Waals surface area contributed by atoms with Crippen molar-refractivity contribution in [3.05, 3.63) is 34.9 Å². The van der Waals surface area contributed by atoms with Crippen LogP contribution in [0.25, 0.3) is 0 Å². The summed E-state index contributed by atoms with van der Waals surface area (Å²) in [7, 11) is 0. The van der Waals surface area contributed by atoms with E-state index in [1.807, 2.05) is 0 Å². The number of rotatable bonds is 2. The summed E-state index contributed by atoms with van der Waals surface area (Å²) in [5.41, 5.74) is 4.86. The van der Waals surface area contributed by atoms with Crippen LogP contribution >= 0.6 is 0 Å². The van der Waals surface area contributed by atoms with Crippen LogP contribution in [0.2, 0.25) is 0 Å². The van der Waals surface area contributed by atoms with E-state index in [0.29, 0.717) is 0 Å². The van der Waals surface area contributed by atoms with Crippen molar-refractivity contribution in [3.63, 3.8) is 0 Å². The highest BCUT2D eigenvalue weighted by molar-refractivity contribution is 5.43. The van der Waals surface area contributed by atoms with Gasteiger partial charge in [-0.1, -0.05) is 42.7 Å². The first-order valence-corrected chi connectivity index (χ1v) is 5.48. The minimum absolute atomic E-state index is 1.20. The maximum absolute atomic E-state index is 2.43. The molecule has 0 aromatic heterocycles. The fourth-order valence-electron chi connectivity index (χ4n) is 2.30. The van der Waals surface area contributed by atoms with Crippen molar-refractivity contribution in [2.45, 2.75) is 45.4 Å². The molecular weight excluding hydrogens is 156 g/mol. The predicted octanol–water partition coefficient (Wildman–Crippen LogP) is 4.15. The Balaban J connectivity index is 2.26. The highest BCUT2D eigenvalue weighted by Crippen LogP contribution is 2.30. The van der Waals surface area contributed by atoms with Crippen molar-refractivity contribution in [1.82, 2.24) is 0 Å². The van der Waals surface area contributed by atoms with E-state index >= 15 is 0 Å². The van der Waals surface area contributed by atoms with Crippen LogP contribution in [0.4, 0.5) is 0 Å². The van der Waals surface area contributed by atoms with Gasteiger partial charge in [-0.05, 0) is 37.7 Å². The lowest BCUT2D eigenvalue weighted by atomic mass is 9.97. The Hall–Kier alpha value is -0.780. The van der Waals surface area contributed by atoms with Crippen LogP contribution in [0.1, 0.15) is 45.4 Å². The van der Waals surface area contributed by atoms with Crippen molar-refractivity contribution in [2.75, 3.05) is 0 Å². The molecule has 0 heterocycles. The van der Waals surface area contributed by atoms with E-state index in [1.54, 1.807) is 11.1 Å². The first-order chi connectivity index (χ1) is 6.40. The molecule has 70 valence electrons. The average Bonchev–Trinajstić information content (AvgIpc) is 2.28. The van der Waals surface area contributed by atoms with Crippen LogP contribution in [0.3, 0.4) is 0 Å². The standard InChI is InChI=1S/C13H18/c1-2-5-12-8-3-6-11-7-4-9-13(12)10-11/h4,9-10H,2-3,5-8H2,1H3. The molecule has 0 saturated heterocycles. The second-order valence-electron chi connectivity index (χ2n) is 4.07. The molecule has 0 unspecified atom stereocenters. The molecule has 0 heteroatoms. The van der Waals surface area contributed by atoms with Gasteiger partial charge in [0.05, 0.1) is 0 Å². The topological polar surface area (TPSA) is 0 Å². The lowest BCUT2D eigenvalue weighted by molar-refractivity contribution is 0.757. The fourth-order valence-corrected chi connectivity index (χ4v) is 2.30. The molecule has 0 saturated carbocycles. The van der Waals surface area contributed by atoms with E-state index < -0.39 is 0 Å². The summed E-state index contributed by atoms with van der Waals surface area (Å²) in [4.78, 5) is 0. The van der Waals surface area contributed by atoms with Gasteiger partial charge in [-0.25, -0.2) is 0 Å². The molecule has 0 nitrogen and oxygen atoms in total. The number of hydrogen-bond acceptors (Lipinski definition) is 0. The van der Waals surface area contributed by atoms with Crippen LogP contribution in [0.15, 0.2) is 34.9 Å². The SMILES string of the molecule is CCCC1=C2C=CCC(=C2)CCC1. The monoisotopic (exact) mass is 174 g/mol. The van der Waals surface area contributed by atoms with Gasteiger partial charge >= 0.3 is 0 Å². The van der Waals surface area contributed by atoms with Gasteiger partial charge in [-0.2, -0.15) is 0 Å². The molecule has 2 rings (SSSR count). The van der Waals surface area contributed by atoms with E-state index in [2.05, 4.69) is 25.2 Å². The average molecular weight is 174 g/mol. The number of fused-ring (bicyclic) bond motifs is 1. The van der Waals surface area contributed by atoms with E-state index in [4.69, 9.17) is 0 Å². The van der Waals surface area contributed by atoms with Gasteiger partial charge in [0, 0.05) is 0 Å². The smallest absolute Gasteiger partial charge is 0.0132 e. The van der Waals surface area contributed by atoms with Gasteiger partial charge in [-0.3, -0.25) is 0 Å². The third-order valence-electron chi connectivity index (χ3n) is 2.97. The summed E-state index contributed by atoms with van der Waals surface area (Å²) < 4.78 is 0. The van der Waals surface area contributed by atoms with Gasteiger partial charge < -0.3 is 0 Å². The molecular formula is C13H18. The minimum atomic E-state index is 1.20. The highest BCUT2D eigenvalue weighted by Gasteiger charge is 2.11. The van der Waals surface area contributed by atoms with E-state index in [1.165, 1.54) is 44.1 Å². The second kappa shape index (κ2) is 3.95. The molecule has 2 aliphatic rings. The van der Waals surface area contributed by atoms with E-state index in [0.717, 1.165) is 0 Å². The lowest BCUT2D eigenvalue weighted by Gasteiger charge is -2.09. The summed E-state index contributed by atoms with van der Waals surface area (Å²) in [6, 6.07) is 0. The van der Waals surface area contributed by atoms with Crippen molar-refractivity contribution in [1.29, 1.82) is 0 Å². The first kappa shape index (κ1) is 8.80. The third kappa shape index (κ3) is 1.93. The number of hydrogen-bond donors (Lipinski definition) is 0. The molecule has 0 N–H and O–H groups in total. The highest BCUT2D eigenvalue weighted by atomic mass is 14.2. The summed E-state index contributed by atoms with van der Waals surface area (Å²) in [6.07, 6.45) is 14.9. The Bertz CT molecular complexity index is 272. The molecule has 0 spiro atoms.